The molecular formula is C14H18ClN5OS. The van der Waals surface area contributed by atoms with Gasteiger partial charge in [-0.1, -0.05) is 22.9 Å². The van der Waals surface area contributed by atoms with Gasteiger partial charge < -0.3 is 10.6 Å². The van der Waals surface area contributed by atoms with Crippen LogP contribution in [-0.4, -0.2) is 40.5 Å². The Morgan fingerprint density at radius 3 is 3.14 bits per heavy atom. The molecule has 0 saturated carbocycles. The van der Waals surface area contributed by atoms with Crippen LogP contribution in [0.3, 0.4) is 0 Å². The maximum atomic E-state index is 12.0. The molecule has 0 saturated heterocycles. The molecule has 0 radical (unpaired) electrons. The van der Waals surface area contributed by atoms with Gasteiger partial charge in [-0.05, 0) is 24.4 Å². The number of halogens is 1. The fraction of sp³-hybridized carbons (Fsp3) is 0.357. The lowest BCUT2D eigenvalue weighted by Crippen LogP contribution is -2.29. The molecule has 22 heavy (non-hydrogen) atoms. The second kappa shape index (κ2) is 8.07. The molecule has 1 amide bonds. The Morgan fingerprint density at radius 1 is 1.50 bits per heavy atom. The molecular weight excluding hydrogens is 322 g/mol. The maximum absolute atomic E-state index is 12.0. The Kier molecular flexibility index (Phi) is 6.11. The average molecular weight is 340 g/mol. The Labute approximate surface area is 139 Å². The predicted molar refractivity (Wildman–Crippen MR) is 88.6 cm³/mol. The highest BCUT2D eigenvalue weighted by Crippen LogP contribution is 2.10. The number of nitrogens with one attached hydrogen (secondary N) is 2. The minimum absolute atomic E-state index is 0. The fourth-order valence-corrected chi connectivity index (χ4v) is 2.85. The molecule has 2 aromatic rings. The van der Waals surface area contributed by atoms with Crippen LogP contribution in [0.4, 0.5) is 0 Å². The highest BCUT2D eigenvalue weighted by molar-refractivity contribution is 7.09. The molecule has 0 spiro atoms. The monoisotopic (exact) mass is 339 g/mol. The number of hydrogen-bond acceptors (Lipinski definition) is 5. The molecule has 0 unspecified atom stereocenters. The third-order valence-corrected chi connectivity index (χ3v) is 4.16. The molecule has 3 heterocycles. The highest BCUT2D eigenvalue weighted by Gasteiger charge is 2.12. The molecule has 1 aliphatic heterocycles. The van der Waals surface area contributed by atoms with E-state index in [1.807, 2.05) is 17.5 Å². The Hall–Kier alpha value is -1.70. The molecule has 1 aliphatic rings. The second-order valence-electron chi connectivity index (χ2n) is 4.88. The third kappa shape index (κ3) is 4.40. The van der Waals surface area contributed by atoms with Gasteiger partial charge in [-0.3, -0.25) is 4.79 Å². The van der Waals surface area contributed by atoms with Crippen molar-refractivity contribution in [3.63, 3.8) is 0 Å². The van der Waals surface area contributed by atoms with Crippen LogP contribution < -0.4 is 10.6 Å². The summed E-state index contributed by atoms with van der Waals surface area (Å²) in [7, 11) is 0. The number of aromatic nitrogens is 3. The van der Waals surface area contributed by atoms with Crippen LogP contribution in [0.5, 0.6) is 0 Å². The number of thiophene rings is 1. The minimum Gasteiger partial charge on any atom is -0.347 e. The molecule has 8 heteroatoms. The molecule has 0 fully saturated rings. The Balaban J connectivity index is 0.00000176. The molecule has 2 aromatic heterocycles. The zero-order chi connectivity index (χ0) is 14.5. The maximum Gasteiger partial charge on any atom is 0.273 e. The van der Waals surface area contributed by atoms with Gasteiger partial charge in [-0.25, -0.2) is 4.68 Å². The van der Waals surface area contributed by atoms with E-state index in [0.29, 0.717) is 18.8 Å². The number of carbonyl (C=O) groups is 1. The van der Waals surface area contributed by atoms with Gasteiger partial charge in [-0.2, -0.15) is 0 Å². The van der Waals surface area contributed by atoms with E-state index in [0.717, 1.165) is 19.5 Å². The van der Waals surface area contributed by atoms with E-state index in [1.165, 1.54) is 10.5 Å². The number of amides is 1. The average Bonchev–Trinajstić information content (AvgIpc) is 3.18. The lowest BCUT2D eigenvalue weighted by atomic mass is 10.1. The first-order chi connectivity index (χ1) is 10.3. The van der Waals surface area contributed by atoms with Crippen LogP contribution >= 0.6 is 23.7 Å². The van der Waals surface area contributed by atoms with Gasteiger partial charge in [0.05, 0.1) is 12.7 Å². The molecule has 3 rings (SSSR count). The van der Waals surface area contributed by atoms with Gasteiger partial charge in [0.2, 0.25) is 0 Å². The van der Waals surface area contributed by atoms with E-state index in [-0.39, 0.29) is 18.3 Å². The van der Waals surface area contributed by atoms with Crippen molar-refractivity contribution < 1.29 is 4.79 Å². The van der Waals surface area contributed by atoms with Crippen molar-refractivity contribution in [3.05, 3.63) is 45.9 Å². The summed E-state index contributed by atoms with van der Waals surface area (Å²) in [5.41, 5.74) is 1.62. The fourth-order valence-electron chi connectivity index (χ4n) is 2.16. The zero-order valence-electron chi connectivity index (χ0n) is 12.0. The lowest BCUT2D eigenvalue weighted by molar-refractivity contribution is 0.0951. The second-order valence-corrected chi connectivity index (χ2v) is 5.91. The lowest BCUT2D eigenvalue weighted by Gasteiger charge is -2.13. The van der Waals surface area contributed by atoms with Gasteiger partial charge in [0, 0.05) is 18.0 Å². The quantitative estimate of drug-likeness (QED) is 0.809. The normalized spacial score (nSPS) is 14.1. The molecule has 118 valence electrons. The summed E-state index contributed by atoms with van der Waals surface area (Å²) in [6.45, 7) is 3.08. The first-order valence-corrected chi connectivity index (χ1v) is 7.78. The van der Waals surface area contributed by atoms with Crippen molar-refractivity contribution >= 4 is 29.7 Å². The SMILES string of the molecule is Cl.O=C(NCC1=CCNCC1)c1cn(Cc2cccs2)nn1. The van der Waals surface area contributed by atoms with Gasteiger partial charge in [0.1, 0.15) is 0 Å². The van der Waals surface area contributed by atoms with Gasteiger partial charge >= 0.3 is 0 Å². The summed E-state index contributed by atoms with van der Waals surface area (Å²) in [5, 5.41) is 16.1. The van der Waals surface area contributed by atoms with Crippen molar-refractivity contribution in [2.75, 3.05) is 19.6 Å². The van der Waals surface area contributed by atoms with Crippen molar-refractivity contribution in [3.8, 4) is 0 Å². The van der Waals surface area contributed by atoms with Crippen molar-refractivity contribution in [1.29, 1.82) is 0 Å². The van der Waals surface area contributed by atoms with Crippen LogP contribution in [0, 0.1) is 0 Å². The Morgan fingerprint density at radius 2 is 2.41 bits per heavy atom. The van der Waals surface area contributed by atoms with E-state index in [4.69, 9.17) is 0 Å². The van der Waals surface area contributed by atoms with E-state index in [1.54, 1.807) is 22.2 Å². The van der Waals surface area contributed by atoms with Gasteiger partial charge in [-0.15, -0.1) is 28.8 Å². The van der Waals surface area contributed by atoms with Crippen LogP contribution in [0.1, 0.15) is 21.8 Å². The van der Waals surface area contributed by atoms with E-state index < -0.39 is 0 Å². The summed E-state index contributed by atoms with van der Waals surface area (Å²) in [4.78, 5) is 13.2. The highest BCUT2D eigenvalue weighted by atomic mass is 35.5. The van der Waals surface area contributed by atoms with Gasteiger partial charge in [0.25, 0.3) is 5.91 Å². The Bertz CT molecular complexity index is 637. The smallest absolute Gasteiger partial charge is 0.273 e. The number of nitrogens with zero attached hydrogens (tertiary/aromatic N) is 3. The van der Waals surface area contributed by atoms with E-state index in [9.17, 15) is 4.79 Å². The molecule has 0 atom stereocenters. The topological polar surface area (TPSA) is 71.8 Å². The standard InChI is InChI=1S/C14H17N5OS.ClH/c20-14(16-8-11-3-5-15-6-4-11)13-10-19(18-17-13)9-12-2-1-7-21-12;/h1-3,7,10,15H,4-6,8-9H2,(H,16,20);1H. The van der Waals surface area contributed by atoms with Crippen molar-refractivity contribution in [1.82, 2.24) is 25.6 Å². The van der Waals surface area contributed by atoms with Crippen LogP contribution in [0.15, 0.2) is 35.4 Å². The van der Waals surface area contributed by atoms with E-state index >= 15 is 0 Å². The summed E-state index contributed by atoms with van der Waals surface area (Å²) in [6.07, 6.45) is 4.79. The molecule has 6 nitrogen and oxygen atoms in total. The third-order valence-electron chi connectivity index (χ3n) is 3.30. The number of rotatable bonds is 5. The van der Waals surface area contributed by atoms with E-state index in [2.05, 4.69) is 27.0 Å². The molecule has 0 bridgehead atoms. The summed E-state index contributed by atoms with van der Waals surface area (Å²) < 4.78 is 1.69. The molecule has 2 N–H and O–H groups in total. The number of hydrogen-bond donors (Lipinski definition) is 2. The minimum atomic E-state index is -0.174. The number of carbonyl (C=O) groups excluding carboxylic acids is 1. The summed E-state index contributed by atoms with van der Waals surface area (Å²) in [5.74, 6) is -0.174. The first kappa shape index (κ1) is 16.7. The summed E-state index contributed by atoms with van der Waals surface area (Å²) in [6, 6.07) is 4.03. The van der Waals surface area contributed by atoms with Crippen molar-refractivity contribution in [2.45, 2.75) is 13.0 Å². The van der Waals surface area contributed by atoms with Crippen molar-refractivity contribution in [2.24, 2.45) is 0 Å². The molecule has 0 aromatic carbocycles. The van der Waals surface area contributed by atoms with Crippen LogP contribution in [-0.2, 0) is 6.54 Å². The first-order valence-electron chi connectivity index (χ1n) is 6.90. The van der Waals surface area contributed by atoms with Crippen LogP contribution in [0.25, 0.3) is 0 Å². The van der Waals surface area contributed by atoms with Crippen LogP contribution in [0.2, 0.25) is 0 Å². The molecule has 0 aliphatic carbocycles. The largest absolute Gasteiger partial charge is 0.347 e. The zero-order valence-corrected chi connectivity index (χ0v) is 13.6. The summed E-state index contributed by atoms with van der Waals surface area (Å²) >= 11 is 1.66. The predicted octanol–water partition coefficient (Wildman–Crippen LogP) is 1.46. The van der Waals surface area contributed by atoms with Gasteiger partial charge in [0.15, 0.2) is 5.69 Å².